The number of halogens is 1. The molecule has 0 bridgehead atoms. The van der Waals surface area contributed by atoms with Crippen LogP contribution in [0.3, 0.4) is 0 Å². The Balaban J connectivity index is 1.51. The molecule has 0 fully saturated rings. The van der Waals surface area contributed by atoms with E-state index in [4.69, 9.17) is 20.8 Å². The van der Waals surface area contributed by atoms with Gasteiger partial charge in [-0.3, -0.25) is 4.79 Å². The smallest absolute Gasteiger partial charge is 0.318 e. The average Bonchev–Trinajstić information content (AvgIpc) is 3.54. The summed E-state index contributed by atoms with van der Waals surface area (Å²) in [6.45, 7) is 5.52. The van der Waals surface area contributed by atoms with Crippen LogP contribution < -0.4 is 10.1 Å². The van der Waals surface area contributed by atoms with Crippen molar-refractivity contribution in [2.24, 2.45) is 0 Å². The lowest BCUT2D eigenvalue weighted by atomic mass is 10.0. The number of benzene rings is 1. The Morgan fingerprint density at radius 3 is 2.91 bits per heavy atom. The number of thiophene rings is 1. The fourth-order valence-corrected chi connectivity index (χ4v) is 5.19. The van der Waals surface area contributed by atoms with Crippen LogP contribution in [0.4, 0.5) is 4.79 Å². The minimum atomic E-state index is -0.283. The Hall–Kier alpha value is -2.97. The van der Waals surface area contributed by atoms with Gasteiger partial charge in [-0.2, -0.15) is 0 Å². The molecule has 0 radical (unpaired) electrons. The number of hydrogen-bond acceptors (Lipinski definition) is 5. The molecular weight excluding hydrogens is 486 g/mol. The van der Waals surface area contributed by atoms with E-state index in [-0.39, 0.29) is 31.1 Å². The van der Waals surface area contributed by atoms with Crippen molar-refractivity contribution in [1.82, 2.24) is 15.1 Å². The van der Waals surface area contributed by atoms with E-state index in [1.165, 1.54) is 9.78 Å². The summed E-state index contributed by atoms with van der Waals surface area (Å²) in [5.41, 5.74) is 2.04. The molecule has 0 aliphatic carbocycles. The molecule has 3 amide bonds. The van der Waals surface area contributed by atoms with Gasteiger partial charge >= 0.3 is 6.03 Å². The van der Waals surface area contributed by atoms with Crippen molar-refractivity contribution in [2.45, 2.75) is 39.3 Å². The van der Waals surface area contributed by atoms with Crippen LogP contribution in [0.1, 0.15) is 41.2 Å². The third kappa shape index (κ3) is 6.18. The van der Waals surface area contributed by atoms with Crippen LogP contribution in [-0.4, -0.2) is 48.0 Å². The van der Waals surface area contributed by atoms with Crippen molar-refractivity contribution >= 4 is 34.9 Å². The van der Waals surface area contributed by atoms with Gasteiger partial charge in [0.1, 0.15) is 24.7 Å². The highest BCUT2D eigenvalue weighted by Crippen LogP contribution is 2.34. The van der Waals surface area contributed by atoms with Gasteiger partial charge in [-0.15, -0.1) is 11.3 Å². The summed E-state index contributed by atoms with van der Waals surface area (Å²) in [4.78, 5) is 31.0. The van der Waals surface area contributed by atoms with Gasteiger partial charge < -0.3 is 24.3 Å². The second-order valence-corrected chi connectivity index (χ2v) is 9.95. The van der Waals surface area contributed by atoms with E-state index < -0.39 is 0 Å². The minimum absolute atomic E-state index is 0.0493. The Morgan fingerprint density at radius 2 is 2.17 bits per heavy atom. The topological polar surface area (TPSA) is 75.0 Å². The summed E-state index contributed by atoms with van der Waals surface area (Å²) in [7, 11) is 0. The number of aryl methyl sites for hydroxylation is 1. The molecule has 1 aliphatic rings. The number of carbonyl (C=O) groups is 2. The number of hydrogen-bond donors (Lipinski definition) is 1. The Morgan fingerprint density at radius 1 is 1.31 bits per heavy atom. The zero-order chi connectivity index (χ0) is 24.8. The number of rotatable bonds is 9. The predicted molar refractivity (Wildman–Crippen MR) is 137 cm³/mol. The maximum absolute atomic E-state index is 13.6. The fraction of sp³-hybridized carbons (Fsp3) is 0.385. The van der Waals surface area contributed by atoms with Gasteiger partial charge in [0.2, 0.25) is 5.91 Å². The molecule has 1 N–H and O–H groups in total. The molecule has 1 aromatic carbocycles. The number of nitrogens with zero attached hydrogens (tertiary/aromatic N) is 2. The Bertz CT molecular complexity index is 1150. The third-order valence-electron chi connectivity index (χ3n) is 6.02. The standard InChI is InChI=1S/C26H30ClN3O4S/c1-3-10-28-26(32)29(15-20-5-4-12-33-20)16-25(31)30-11-8-24-21(9-13-35-24)23(30)17-34-19-6-7-22(27)18(2)14-19/h4-7,9,12-14,23H,3,8,10-11,15-17H2,1-2H3,(H,28,32)/t23-/m1/s1. The van der Waals surface area contributed by atoms with Crippen LogP contribution in [0.2, 0.25) is 5.02 Å². The molecule has 3 heterocycles. The lowest BCUT2D eigenvalue weighted by Crippen LogP contribution is -2.49. The van der Waals surface area contributed by atoms with Gasteiger partial charge in [-0.1, -0.05) is 18.5 Å². The van der Waals surface area contributed by atoms with Crippen molar-refractivity contribution in [3.05, 3.63) is 74.8 Å². The van der Waals surface area contributed by atoms with Crippen LogP contribution in [0, 0.1) is 6.92 Å². The van der Waals surface area contributed by atoms with Crippen LogP contribution in [0.25, 0.3) is 0 Å². The van der Waals surface area contributed by atoms with E-state index in [2.05, 4.69) is 16.8 Å². The molecular formula is C26H30ClN3O4S. The van der Waals surface area contributed by atoms with Crippen molar-refractivity contribution in [3.63, 3.8) is 0 Å². The van der Waals surface area contributed by atoms with Crippen molar-refractivity contribution in [3.8, 4) is 5.75 Å². The second-order valence-electron chi connectivity index (χ2n) is 8.54. The second kappa shape index (κ2) is 11.6. The Kier molecular flexibility index (Phi) is 8.36. The van der Waals surface area contributed by atoms with Crippen LogP contribution >= 0.6 is 22.9 Å². The van der Waals surface area contributed by atoms with Gasteiger partial charge in [-0.05, 0) is 72.7 Å². The quantitative estimate of drug-likeness (QED) is 0.412. The molecule has 1 atom stereocenters. The largest absolute Gasteiger partial charge is 0.491 e. The van der Waals surface area contributed by atoms with Gasteiger partial charge in [0.25, 0.3) is 0 Å². The van der Waals surface area contributed by atoms with Gasteiger partial charge in [0.15, 0.2) is 0 Å². The van der Waals surface area contributed by atoms with Crippen LogP contribution in [0.5, 0.6) is 5.75 Å². The molecule has 35 heavy (non-hydrogen) atoms. The highest BCUT2D eigenvalue weighted by Gasteiger charge is 2.33. The summed E-state index contributed by atoms with van der Waals surface area (Å²) in [5, 5.41) is 5.61. The molecule has 0 unspecified atom stereocenters. The van der Waals surface area contributed by atoms with E-state index in [0.717, 1.165) is 24.0 Å². The first kappa shape index (κ1) is 25.1. The molecule has 0 spiro atoms. The molecule has 186 valence electrons. The number of fused-ring (bicyclic) bond motifs is 1. The molecule has 1 aliphatic heterocycles. The van der Waals surface area contributed by atoms with Crippen LogP contribution in [0.15, 0.2) is 52.5 Å². The highest BCUT2D eigenvalue weighted by molar-refractivity contribution is 7.10. The predicted octanol–water partition coefficient (Wildman–Crippen LogP) is 5.43. The maximum atomic E-state index is 13.6. The van der Waals surface area contributed by atoms with E-state index in [0.29, 0.717) is 36.2 Å². The number of carbonyl (C=O) groups excluding carboxylic acids is 2. The summed E-state index contributed by atoms with van der Waals surface area (Å²) in [5.74, 6) is 1.21. The zero-order valence-corrected chi connectivity index (χ0v) is 21.5. The maximum Gasteiger partial charge on any atom is 0.318 e. The first-order chi connectivity index (χ1) is 17.0. The molecule has 0 saturated heterocycles. The number of ether oxygens (including phenoxy) is 1. The molecule has 2 aromatic heterocycles. The highest BCUT2D eigenvalue weighted by atomic mass is 35.5. The fourth-order valence-electron chi connectivity index (χ4n) is 4.14. The van der Waals surface area contributed by atoms with E-state index in [1.54, 1.807) is 29.7 Å². The van der Waals surface area contributed by atoms with Crippen molar-refractivity contribution in [2.75, 3.05) is 26.2 Å². The summed E-state index contributed by atoms with van der Waals surface area (Å²) < 4.78 is 11.6. The summed E-state index contributed by atoms with van der Waals surface area (Å²) >= 11 is 7.85. The molecule has 7 nitrogen and oxygen atoms in total. The Labute approximate surface area is 214 Å². The number of furan rings is 1. The van der Waals surface area contributed by atoms with Crippen molar-refractivity contribution in [1.29, 1.82) is 0 Å². The molecule has 9 heteroatoms. The molecule has 4 rings (SSSR count). The van der Waals surface area contributed by atoms with Gasteiger partial charge in [0.05, 0.1) is 18.8 Å². The lowest BCUT2D eigenvalue weighted by Gasteiger charge is -2.37. The number of nitrogens with one attached hydrogen (secondary N) is 1. The number of urea groups is 1. The summed E-state index contributed by atoms with van der Waals surface area (Å²) in [6.07, 6.45) is 3.16. The third-order valence-corrected chi connectivity index (χ3v) is 7.44. The normalized spacial score (nSPS) is 14.9. The molecule has 3 aromatic rings. The molecule has 0 saturated carbocycles. The SMILES string of the molecule is CCCNC(=O)N(CC(=O)N1CCc2sccc2[C@H]1COc1ccc(Cl)c(C)c1)Cc1ccco1. The van der Waals surface area contributed by atoms with E-state index in [9.17, 15) is 9.59 Å². The van der Waals surface area contributed by atoms with E-state index in [1.807, 2.05) is 36.9 Å². The summed E-state index contributed by atoms with van der Waals surface area (Å²) in [6, 6.07) is 10.7. The zero-order valence-electron chi connectivity index (χ0n) is 20.0. The minimum Gasteiger partial charge on any atom is -0.491 e. The number of amides is 3. The first-order valence-corrected chi connectivity index (χ1v) is 13.0. The average molecular weight is 516 g/mol. The van der Waals surface area contributed by atoms with Gasteiger partial charge in [-0.25, -0.2) is 4.79 Å². The van der Waals surface area contributed by atoms with Crippen molar-refractivity contribution < 1.29 is 18.7 Å². The van der Waals surface area contributed by atoms with Gasteiger partial charge in [0, 0.05) is 23.0 Å². The first-order valence-electron chi connectivity index (χ1n) is 11.8. The lowest BCUT2D eigenvalue weighted by molar-refractivity contribution is -0.135. The van der Waals surface area contributed by atoms with E-state index >= 15 is 0 Å². The van der Waals surface area contributed by atoms with Crippen LogP contribution in [-0.2, 0) is 17.8 Å². The monoisotopic (exact) mass is 515 g/mol.